The third-order valence-corrected chi connectivity index (χ3v) is 5.24. The minimum atomic E-state index is -4.59. The predicted octanol–water partition coefficient (Wildman–Crippen LogP) is 3.42. The number of carbonyl (C=O) groups excluding carboxylic acids is 1. The number of amides is 1. The molecule has 27 heavy (non-hydrogen) atoms. The molecule has 0 atom stereocenters. The van der Waals surface area contributed by atoms with Gasteiger partial charge in [0.05, 0.1) is 11.3 Å². The normalized spacial score (nSPS) is 12.0. The van der Waals surface area contributed by atoms with Gasteiger partial charge in [-0.15, -0.1) is 0 Å². The summed E-state index contributed by atoms with van der Waals surface area (Å²) in [7, 11) is -2.67. The molecule has 0 saturated carbocycles. The third kappa shape index (κ3) is 6.06. The summed E-state index contributed by atoms with van der Waals surface area (Å²) < 4.78 is 76.2. The lowest BCUT2D eigenvalue weighted by Gasteiger charge is -2.18. The lowest BCUT2D eigenvalue weighted by atomic mass is 10.1. The van der Waals surface area contributed by atoms with Crippen LogP contribution in [0.15, 0.2) is 48.5 Å². The number of nitrogens with zero attached hydrogens (tertiary/aromatic N) is 1. The molecule has 0 radical (unpaired) electrons. The lowest BCUT2D eigenvalue weighted by Crippen LogP contribution is -2.32. The molecule has 4 nitrogen and oxygen atoms in total. The standard InChI is InChI=1S/C18H17F4NO3S/c1-23(10-14-6-2-3-8-16(14)19)17(24)12-27(25,26)11-13-5-4-7-15(9-13)18(20,21)22/h2-9H,10-12H2,1H3. The summed E-state index contributed by atoms with van der Waals surface area (Å²) >= 11 is 0. The van der Waals surface area contributed by atoms with Crippen molar-refractivity contribution in [1.82, 2.24) is 4.90 Å². The molecule has 0 heterocycles. The van der Waals surface area contributed by atoms with Gasteiger partial charge in [-0.2, -0.15) is 13.2 Å². The van der Waals surface area contributed by atoms with Gasteiger partial charge in [0.25, 0.3) is 0 Å². The SMILES string of the molecule is CN(Cc1ccccc1F)C(=O)CS(=O)(=O)Cc1cccc(C(F)(F)F)c1. The van der Waals surface area contributed by atoms with E-state index in [2.05, 4.69) is 0 Å². The Morgan fingerprint density at radius 3 is 2.37 bits per heavy atom. The van der Waals surface area contributed by atoms with Gasteiger partial charge >= 0.3 is 6.18 Å². The van der Waals surface area contributed by atoms with Gasteiger partial charge in [0.1, 0.15) is 11.6 Å². The van der Waals surface area contributed by atoms with Crippen LogP contribution < -0.4 is 0 Å². The van der Waals surface area contributed by atoms with E-state index in [9.17, 15) is 30.8 Å². The first kappa shape index (κ1) is 20.9. The maximum absolute atomic E-state index is 13.6. The molecule has 2 rings (SSSR count). The summed E-state index contributed by atoms with van der Waals surface area (Å²) in [5.74, 6) is -2.88. The molecule has 1 amide bonds. The van der Waals surface area contributed by atoms with Gasteiger partial charge in [-0.1, -0.05) is 36.4 Å². The van der Waals surface area contributed by atoms with Crippen molar-refractivity contribution < 1.29 is 30.8 Å². The molecular formula is C18H17F4NO3S. The van der Waals surface area contributed by atoms with Crippen LogP contribution in [0.25, 0.3) is 0 Å². The van der Waals surface area contributed by atoms with E-state index in [1.54, 1.807) is 6.07 Å². The molecule has 0 aliphatic heterocycles. The Kier molecular flexibility index (Phi) is 6.25. The number of alkyl halides is 3. The third-order valence-electron chi connectivity index (χ3n) is 3.78. The maximum Gasteiger partial charge on any atom is 0.416 e. The summed E-state index contributed by atoms with van der Waals surface area (Å²) in [5.41, 5.74) is -0.795. The van der Waals surface area contributed by atoms with Gasteiger partial charge in [-0.3, -0.25) is 4.79 Å². The fraction of sp³-hybridized carbons (Fsp3) is 0.278. The summed E-state index contributed by atoms with van der Waals surface area (Å²) in [6.07, 6.45) is -4.59. The number of hydrogen-bond acceptors (Lipinski definition) is 3. The van der Waals surface area contributed by atoms with Crippen molar-refractivity contribution in [2.24, 2.45) is 0 Å². The number of benzene rings is 2. The first-order valence-electron chi connectivity index (χ1n) is 7.82. The first-order valence-corrected chi connectivity index (χ1v) is 9.64. The molecule has 0 aromatic heterocycles. The Bertz CT molecular complexity index is 926. The Labute approximate surface area is 154 Å². The van der Waals surface area contributed by atoms with Crippen molar-refractivity contribution in [1.29, 1.82) is 0 Å². The summed E-state index contributed by atoms with van der Waals surface area (Å²) in [4.78, 5) is 13.2. The maximum atomic E-state index is 13.6. The van der Waals surface area contributed by atoms with Crippen molar-refractivity contribution in [3.05, 3.63) is 71.0 Å². The molecule has 0 spiro atoms. The van der Waals surface area contributed by atoms with E-state index < -0.39 is 44.8 Å². The molecule has 0 fully saturated rings. The molecule has 2 aromatic rings. The number of halogens is 4. The van der Waals surface area contributed by atoms with E-state index in [1.807, 2.05) is 0 Å². The Morgan fingerprint density at radius 1 is 1.07 bits per heavy atom. The number of hydrogen-bond donors (Lipinski definition) is 0. The van der Waals surface area contributed by atoms with Crippen molar-refractivity contribution in [2.45, 2.75) is 18.5 Å². The van der Waals surface area contributed by atoms with E-state index in [0.29, 0.717) is 0 Å². The topological polar surface area (TPSA) is 54.5 Å². The summed E-state index contributed by atoms with van der Waals surface area (Å²) in [6, 6.07) is 9.70. The van der Waals surface area contributed by atoms with Crippen LogP contribution in [-0.2, 0) is 33.1 Å². The number of rotatable bonds is 6. The van der Waals surface area contributed by atoms with Gasteiger partial charge in [0.2, 0.25) is 5.91 Å². The van der Waals surface area contributed by atoms with Crippen LogP contribution in [0.5, 0.6) is 0 Å². The largest absolute Gasteiger partial charge is 0.416 e. The van der Waals surface area contributed by atoms with Crippen LogP contribution in [0.3, 0.4) is 0 Å². The monoisotopic (exact) mass is 403 g/mol. The minimum absolute atomic E-state index is 0.0608. The van der Waals surface area contributed by atoms with Crippen LogP contribution in [0, 0.1) is 5.82 Å². The number of carbonyl (C=O) groups is 1. The molecular weight excluding hydrogens is 386 g/mol. The van der Waals surface area contributed by atoms with Crippen molar-refractivity contribution in [3.63, 3.8) is 0 Å². The fourth-order valence-electron chi connectivity index (χ4n) is 2.41. The van der Waals surface area contributed by atoms with Crippen molar-refractivity contribution in [2.75, 3.05) is 12.8 Å². The molecule has 146 valence electrons. The van der Waals surface area contributed by atoms with Crippen LogP contribution >= 0.6 is 0 Å². The molecule has 0 N–H and O–H groups in total. The van der Waals surface area contributed by atoms with E-state index in [-0.39, 0.29) is 17.7 Å². The quantitative estimate of drug-likeness (QED) is 0.695. The zero-order chi connectivity index (χ0) is 20.2. The molecule has 9 heteroatoms. The van der Waals surface area contributed by atoms with Gasteiger partial charge in [0.15, 0.2) is 9.84 Å². The second-order valence-electron chi connectivity index (χ2n) is 6.07. The Balaban J connectivity index is 2.05. The van der Waals surface area contributed by atoms with Crippen LogP contribution in [0.2, 0.25) is 0 Å². The average molecular weight is 403 g/mol. The molecule has 0 aliphatic carbocycles. The van der Waals surface area contributed by atoms with Crippen molar-refractivity contribution >= 4 is 15.7 Å². The van der Waals surface area contributed by atoms with Crippen molar-refractivity contribution in [3.8, 4) is 0 Å². The minimum Gasteiger partial charge on any atom is -0.340 e. The molecule has 0 aliphatic rings. The van der Waals surface area contributed by atoms with Gasteiger partial charge in [0, 0.05) is 19.2 Å². The van der Waals surface area contributed by atoms with E-state index in [1.165, 1.54) is 31.3 Å². The molecule has 0 bridgehead atoms. The highest BCUT2D eigenvalue weighted by atomic mass is 32.2. The zero-order valence-corrected chi connectivity index (χ0v) is 15.1. The number of sulfone groups is 1. The fourth-order valence-corrected chi connectivity index (χ4v) is 3.80. The van der Waals surface area contributed by atoms with Gasteiger partial charge in [-0.05, 0) is 17.7 Å². The smallest absolute Gasteiger partial charge is 0.340 e. The van der Waals surface area contributed by atoms with Crippen LogP contribution in [0.1, 0.15) is 16.7 Å². The first-order chi connectivity index (χ1) is 12.5. The second-order valence-corrected chi connectivity index (χ2v) is 8.14. The Hall–Kier alpha value is -2.42. The predicted molar refractivity (Wildman–Crippen MR) is 91.8 cm³/mol. The van der Waals surface area contributed by atoms with Crippen LogP contribution in [-0.4, -0.2) is 32.0 Å². The summed E-state index contributed by atoms with van der Waals surface area (Å²) in [5, 5.41) is 0. The molecule has 0 unspecified atom stereocenters. The Morgan fingerprint density at radius 2 is 1.74 bits per heavy atom. The summed E-state index contributed by atoms with van der Waals surface area (Å²) in [6.45, 7) is -0.120. The molecule has 0 saturated heterocycles. The average Bonchev–Trinajstić information content (AvgIpc) is 2.55. The zero-order valence-electron chi connectivity index (χ0n) is 14.3. The highest BCUT2D eigenvalue weighted by Crippen LogP contribution is 2.29. The van der Waals surface area contributed by atoms with Gasteiger partial charge in [-0.25, -0.2) is 12.8 Å². The van der Waals surface area contributed by atoms with E-state index >= 15 is 0 Å². The van der Waals surface area contributed by atoms with E-state index in [4.69, 9.17) is 0 Å². The molecule has 2 aromatic carbocycles. The van der Waals surface area contributed by atoms with Gasteiger partial charge < -0.3 is 4.90 Å². The second kappa shape index (κ2) is 8.08. The highest BCUT2D eigenvalue weighted by Gasteiger charge is 2.31. The van der Waals surface area contributed by atoms with Crippen LogP contribution in [0.4, 0.5) is 17.6 Å². The van der Waals surface area contributed by atoms with E-state index in [0.717, 1.165) is 23.1 Å². The lowest BCUT2D eigenvalue weighted by molar-refractivity contribution is -0.137. The highest BCUT2D eigenvalue weighted by molar-refractivity contribution is 7.91.